The van der Waals surface area contributed by atoms with Gasteiger partial charge in [-0.05, 0) is 50.6 Å². The lowest BCUT2D eigenvalue weighted by atomic mass is 9.67. The van der Waals surface area contributed by atoms with Gasteiger partial charge in [0.15, 0.2) is 0 Å². The fourth-order valence-electron chi connectivity index (χ4n) is 3.80. The molecule has 0 radical (unpaired) electrons. The predicted octanol–water partition coefficient (Wildman–Crippen LogP) is 1.73. The molecule has 1 amide bonds. The quantitative estimate of drug-likeness (QED) is 0.750. The number of anilines is 1. The smallest absolute Gasteiger partial charge is 0.240 e. The first-order chi connectivity index (χ1) is 11.0. The summed E-state index contributed by atoms with van der Waals surface area (Å²) in [4.78, 5) is 13.0. The number of hydrogen-bond acceptors (Lipinski definition) is 4. The first-order valence-corrected chi connectivity index (χ1v) is 9.52. The van der Waals surface area contributed by atoms with E-state index < -0.39 is 10.0 Å². The average Bonchev–Trinajstić information content (AvgIpc) is 3.00. The van der Waals surface area contributed by atoms with Crippen LogP contribution in [0.5, 0.6) is 0 Å². The molecule has 134 valence electrons. The second-order valence-corrected chi connectivity index (χ2v) is 8.31. The van der Waals surface area contributed by atoms with Crippen molar-refractivity contribution in [2.45, 2.75) is 30.6 Å². The van der Waals surface area contributed by atoms with E-state index in [9.17, 15) is 13.2 Å². The molecule has 0 bridgehead atoms. The van der Waals surface area contributed by atoms with Crippen LogP contribution in [0.4, 0.5) is 5.69 Å². The first-order valence-electron chi connectivity index (χ1n) is 8.04. The molecular formula is C16H24ClN3O3S. The van der Waals surface area contributed by atoms with Gasteiger partial charge < -0.3 is 10.6 Å². The third-order valence-corrected chi connectivity index (χ3v) is 6.57. The molecule has 1 aromatic rings. The number of amides is 1. The molecule has 1 aliphatic heterocycles. The highest BCUT2D eigenvalue weighted by atomic mass is 35.5. The molecule has 2 fully saturated rings. The lowest BCUT2D eigenvalue weighted by molar-refractivity contribution is -0.128. The molecule has 1 saturated carbocycles. The van der Waals surface area contributed by atoms with Gasteiger partial charge in [-0.2, -0.15) is 0 Å². The van der Waals surface area contributed by atoms with Crippen LogP contribution >= 0.6 is 12.4 Å². The number of fused-ring (bicyclic) bond motifs is 1. The van der Waals surface area contributed by atoms with Gasteiger partial charge in [0, 0.05) is 12.2 Å². The number of carbonyl (C=O) groups is 1. The topological polar surface area (TPSA) is 87.3 Å². The van der Waals surface area contributed by atoms with E-state index in [0.717, 1.165) is 25.8 Å². The SMILES string of the molecule is CNS(=O)(=O)c1cccc(NC(=O)[C@@]23CCCC[C@H]2CNC3)c1.Cl. The van der Waals surface area contributed by atoms with Crippen LogP contribution in [0, 0.1) is 11.3 Å². The molecule has 0 unspecified atom stereocenters. The Balaban J connectivity index is 0.00000208. The average molecular weight is 374 g/mol. The number of rotatable bonds is 4. The maximum absolute atomic E-state index is 12.9. The van der Waals surface area contributed by atoms with Gasteiger partial charge >= 0.3 is 0 Å². The van der Waals surface area contributed by atoms with Crippen molar-refractivity contribution in [1.82, 2.24) is 10.0 Å². The zero-order chi connectivity index (χ0) is 16.5. The summed E-state index contributed by atoms with van der Waals surface area (Å²) in [7, 11) is -2.14. The zero-order valence-electron chi connectivity index (χ0n) is 13.7. The summed E-state index contributed by atoms with van der Waals surface area (Å²) in [5.41, 5.74) is 0.174. The molecule has 24 heavy (non-hydrogen) atoms. The molecule has 1 saturated heterocycles. The van der Waals surface area contributed by atoms with Crippen LogP contribution in [-0.2, 0) is 14.8 Å². The number of hydrogen-bond donors (Lipinski definition) is 3. The fourth-order valence-corrected chi connectivity index (χ4v) is 4.58. The van der Waals surface area contributed by atoms with Gasteiger partial charge in [-0.15, -0.1) is 12.4 Å². The summed E-state index contributed by atoms with van der Waals surface area (Å²) in [6.07, 6.45) is 4.22. The number of halogens is 1. The van der Waals surface area contributed by atoms with Crippen LogP contribution in [0.25, 0.3) is 0 Å². The molecule has 1 aliphatic carbocycles. The number of carbonyl (C=O) groups excluding carboxylic acids is 1. The van der Waals surface area contributed by atoms with Gasteiger partial charge in [-0.25, -0.2) is 13.1 Å². The third kappa shape index (κ3) is 3.44. The molecule has 0 aromatic heterocycles. The Hall–Kier alpha value is -1.15. The van der Waals surface area contributed by atoms with Crippen molar-refractivity contribution in [2.24, 2.45) is 11.3 Å². The van der Waals surface area contributed by atoms with Crippen LogP contribution in [0.1, 0.15) is 25.7 Å². The molecule has 6 nitrogen and oxygen atoms in total. The molecule has 8 heteroatoms. The van der Waals surface area contributed by atoms with Gasteiger partial charge in [-0.1, -0.05) is 18.9 Å². The van der Waals surface area contributed by atoms with E-state index in [1.165, 1.54) is 25.6 Å². The highest BCUT2D eigenvalue weighted by Gasteiger charge is 2.49. The Labute approximate surface area is 149 Å². The van der Waals surface area contributed by atoms with Gasteiger partial charge in [0.2, 0.25) is 15.9 Å². The van der Waals surface area contributed by atoms with Gasteiger partial charge in [0.05, 0.1) is 10.3 Å². The number of nitrogens with one attached hydrogen (secondary N) is 3. The van der Waals surface area contributed by atoms with E-state index in [-0.39, 0.29) is 28.6 Å². The van der Waals surface area contributed by atoms with Crippen LogP contribution in [0.15, 0.2) is 29.2 Å². The van der Waals surface area contributed by atoms with Crippen LogP contribution in [0.3, 0.4) is 0 Å². The second-order valence-electron chi connectivity index (χ2n) is 6.42. The summed E-state index contributed by atoms with van der Waals surface area (Å²) < 4.78 is 26.1. The highest BCUT2D eigenvalue weighted by molar-refractivity contribution is 7.89. The Kier molecular flexibility index (Phi) is 5.91. The minimum Gasteiger partial charge on any atom is -0.326 e. The Morgan fingerprint density at radius 2 is 2.12 bits per heavy atom. The van der Waals surface area contributed by atoms with Crippen molar-refractivity contribution in [3.8, 4) is 0 Å². The summed E-state index contributed by atoms with van der Waals surface area (Å²) >= 11 is 0. The Morgan fingerprint density at radius 3 is 2.88 bits per heavy atom. The van der Waals surface area contributed by atoms with E-state index in [4.69, 9.17) is 0 Å². The summed E-state index contributed by atoms with van der Waals surface area (Å²) in [5.74, 6) is 0.381. The standard InChI is InChI=1S/C16H23N3O3S.ClH/c1-17-23(21,22)14-7-4-6-13(9-14)19-15(20)16-8-3-2-5-12(16)10-18-11-16;/h4,6-7,9,12,17-18H,2-3,5,8,10-11H2,1H3,(H,19,20);1H/t12-,16+;/m0./s1. The van der Waals surface area contributed by atoms with E-state index in [1.807, 2.05) is 0 Å². The van der Waals surface area contributed by atoms with Crippen molar-refractivity contribution in [1.29, 1.82) is 0 Å². The maximum Gasteiger partial charge on any atom is 0.240 e. The molecule has 3 N–H and O–H groups in total. The van der Waals surface area contributed by atoms with Crippen LogP contribution in [0.2, 0.25) is 0 Å². The predicted molar refractivity (Wildman–Crippen MR) is 95.8 cm³/mol. The first kappa shape index (κ1) is 19.2. The van der Waals surface area contributed by atoms with Crippen LogP contribution in [-0.4, -0.2) is 34.5 Å². The van der Waals surface area contributed by atoms with Crippen molar-refractivity contribution < 1.29 is 13.2 Å². The minimum atomic E-state index is -3.51. The van der Waals surface area contributed by atoms with Gasteiger partial charge in [-0.3, -0.25) is 4.79 Å². The second kappa shape index (κ2) is 7.39. The zero-order valence-corrected chi connectivity index (χ0v) is 15.3. The molecule has 2 aliphatic rings. The maximum atomic E-state index is 12.9. The van der Waals surface area contributed by atoms with E-state index in [1.54, 1.807) is 12.1 Å². The summed E-state index contributed by atoms with van der Waals surface area (Å²) in [6.45, 7) is 1.60. The lowest BCUT2D eigenvalue weighted by Crippen LogP contribution is -2.44. The fraction of sp³-hybridized carbons (Fsp3) is 0.562. The van der Waals surface area contributed by atoms with Gasteiger partial charge in [0.1, 0.15) is 0 Å². The van der Waals surface area contributed by atoms with E-state index >= 15 is 0 Å². The minimum absolute atomic E-state index is 0. The van der Waals surface area contributed by atoms with Crippen molar-refractivity contribution in [2.75, 3.05) is 25.5 Å². The normalized spacial score (nSPS) is 26.3. The van der Waals surface area contributed by atoms with E-state index in [0.29, 0.717) is 18.2 Å². The summed E-state index contributed by atoms with van der Waals surface area (Å²) in [6, 6.07) is 6.38. The molecule has 1 aromatic carbocycles. The lowest BCUT2D eigenvalue weighted by Gasteiger charge is -2.37. The van der Waals surface area contributed by atoms with Crippen LogP contribution < -0.4 is 15.4 Å². The Morgan fingerprint density at radius 1 is 1.33 bits per heavy atom. The monoisotopic (exact) mass is 373 g/mol. The molecular weight excluding hydrogens is 350 g/mol. The van der Waals surface area contributed by atoms with Crippen molar-refractivity contribution >= 4 is 34.0 Å². The van der Waals surface area contributed by atoms with Crippen molar-refractivity contribution in [3.63, 3.8) is 0 Å². The molecule has 1 heterocycles. The third-order valence-electron chi connectivity index (χ3n) is 5.16. The molecule has 0 spiro atoms. The number of sulfonamides is 1. The Bertz CT molecular complexity index is 710. The largest absolute Gasteiger partial charge is 0.326 e. The highest BCUT2D eigenvalue weighted by Crippen LogP contribution is 2.44. The van der Waals surface area contributed by atoms with Crippen molar-refractivity contribution in [3.05, 3.63) is 24.3 Å². The van der Waals surface area contributed by atoms with Gasteiger partial charge in [0.25, 0.3) is 0 Å². The number of benzene rings is 1. The summed E-state index contributed by atoms with van der Waals surface area (Å²) in [5, 5.41) is 6.29. The molecule has 2 atom stereocenters. The molecule has 3 rings (SSSR count). The van der Waals surface area contributed by atoms with E-state index in [2.05, 4.69) is 15.4 Å².